The van der Waals surface area contributed by atoms with Crippen LogP contribution < -0.4 is 10.6 Å². The number of urea groups is 1. The van der Waals surface area contributed by atoms with Crippen molar-refractivity contribution in [2.24, 2.45) is 11.3 Å². The summed E-state index contributed by atoms with van der Waals surface area (Å²) in [6.07, 6.45) is -1.56. The lowest BCUT2D eigenvalue weighted by Gasteiger charge is -2.53. The number of alkyl halides is 3. The molecule has 4 fully saturated rings. The molecule has 0 aromatic rings. The van der Waals surface area contributed by atoms with Crippen molar-refractivity contribution in [1.29, 1.82) is 0 Å². The highest BCUT2D eigenvalue weighted by molar-refractivity contribution is 5.75. The minimum atomic E-state index is -4.13. The number of halogens is 3. The van der Waals surface area contributed by atoms with E-state index < -0.39 is 17.1 Å². The zero-order valence-corrected chi connectivity index (χ0v) is 13.5. The van der Waals surface area contributed by atoms with Gasteiger partial charge < -0.3 is 15.4 Å². The molecule has 2 unspecified atom stereocenters. The van der Waals surface area contributed by atoms with E-state index in [9.17, 15) is 18.0 Å². The molecule has 2 atom stereocenters. The van der Waals surface area contributed by atoms with E-state index in [2.05, 4.69) is 10.6 Å². The molecule has 1 heterocycles. The summed E-state index contributed by atoms with van der Waals surface area (Å²) in [6, 6.07) is -0.249. The van der Waals surface area contributed by atoms with Gasteiger partial charge in [-0.1, -0.05) is 0 Å². The lowest BCUT2D eigenvalue weighted by Crippen LogP contribution is -2.62. The minimum Gasteiger partial charge on any atom is -0.381 e. The molecule has 23 heavy (non-hydrogen) atoms. The first kappa shape index (κ1) is 16.9. The second kappa shape index (κ2) is 5.83. The van der Waals surface area contributed by atoms with Crippen LogP contribution in [0.4, 0.5) is 18.0 Å². The van der Waals surface area contributed by atoms with Gasteiger partial charge in [0, 0.05) is 24.1 Å². The van der Waals surface area contributed by atoms with Crippen molar-refractivity contribution in [3.8, 4) is 0 Å². The summed E-state index contributed by atoms with van der Waals surface area (Å²) in [6.45, 7) is 3.33. The molecule has 0 aromatic heterocycles. The van der Waals surface area contributed by atoms with Gasteiger partial charge in [0.25, 0.3) is 0 Å². The molecule has 7 heteroatoms. The average molecular weight is 334 g/mol. The average Bonchev–Trinajstić information content (AvgIpc) is 3.01. The van der Waals surface area contributed by atoms with Gasteiger partial charge in [0.2, 0.25) is 0 Å². The Labute approximate surface area is 134 Å². The first-order chi connectivity index (χ1) is 10.8. The van der Waals surface area contributed by atoms with E-state index in [0.29, 0.717) is 31.8 Å². The lowest BCUT2D eigenvalue weighted by atomic mass is 9.57. The molecular weight excluding hydrogens is 309 g/mol. The fourth-order valence-electron chi connectivity index (χ4n) is 4.35. The Kier molecular flexibility index (Phi) is 4.27. The predicted octanol–water partition coefficient (Wildman–Crippen LogP) is 3.37. The topological polar surface area (TPSA) is 50.4 Å². The zero-order valence-electron chi connectivity index (χ0n) is 13.5. The number of rotatable bonds is 3. The maximum atomic E-state index is 13.2. The largest absolute Gasteiger partial charge is 0.394 e. The van der Waals surface area contributed by atoms with Gasteiger partial charge in [-0.15, -0.1) is 0 Å². The van der Waals surface area contributed by atoms with Crippen LogP contribution in [0.2, 0.25) is 0 Å². The number of nitrogens with one attached hydrogen (secondary N) is 2. The second-order valence-corrected chi connectivity index (χ2v) is 7.57. The second-order valence-electron chi connectivity index (χ2n) is 7.57. The van der Waals surface area contributed by atoms with Crippen LogP contribution in [0.5, 0.6) is 0 Å². The van der Waals surface area contributed by atoms with E-state index in [4.69, 9.17) is 4.74 Å². The number of ether oxygens (including phenoxy) is 1. The molecule has 0 spiro atoms. The molecule has 0 aromatic carbocycles. The van der Waals surface area contributed by atoms with Crippen molar-refractivity contribution < 1.29 is 22.7 Å². The van der Waals surface area contributed by atoms with Crippen LogP contribution in [0.25, 0.3) is 0 Å². The van der Waals surface area contributed by atoms with Gasteiger partial charge in [-0.25, -0.2) is 4.79 Å². The Morgan fingerprint density at radius 2 is 1.78 bits per heavy atom. The van der Waals surface area contributed by atoms with Crippen LogP contribution in [-0.2, 0) is 4.74 Å². The third kappa shape index (κ3) is 3.16. The Morgan fingerprint density at radius 3 is 2.26 bits per heavy atom. The van der Waals surface area contributed by atoms with Crippen LogP contribution in [0.1, 0.15) is 51.9 Å². The molecular formula is C16H25F3N2O2. The molecule has 4 rings (SSSR count). The molecule has 2 N–H and O–H groups in total. The Hall–Kier alpha value is -0.980. The highest BCUT2D eigenvalue weighted by Crippen LogP contribution is 2.59. The van der Waals surface area contributed by atoms with E-state index in [1.54, 1.807) is 0 Å². The summed E-state index contributed by atoms with van der Waals surface area (Å²) in [7, 11) is 0. The van der Waals surface area contributed by atoms with Crippen LogP contribution in [0.15, 0.2) is 0 Å². The summed E-state index contributed by atoms with van der Waals surface area (Å²) < 4.78 is 45.0. The van der Waals surface area contributed by atoms with Gasteiger partial charge in [-0.2, -0.15) is 13.2 Å². The highest BCUT2D eigenvalue weighted by atomic mass is 19.4. The molecule has 1 saturated heterocycles. The fraction of sp³-hybridized carbons (Fsp3) is 0.938. The standard InChI is InChI=1S/C16H25F3N2O2/c1-11(12-2-9-23-10-12)20-13(22)21-15-6-3-14(4-7-15,5-8-15)16(17,18)19/h11-12H,2-10H2,1H3,(H2,20,21,22). The quantitative estimate of drug-likeness (QED) is 0.831. The predicted molar refractivity (Wildman–Crippen MR) is 79.0 cm³/mol. The molecule has 1 aliphatic heterocycles. The molecule has 0 radical (unpaired) electrons. The highest BCUT2D eigenvalue weighted by Gasteiger charge is 2.61. The number of carbonyl (C=O) groups is 1. The van der Waals surface area contributed by atoms with Crippen molar-refractivity contribution in [2.75, 3.05) is 13.2 Å². The smallest absolute Gasteiger partial charge is 0.381 e. The van der Waals surface area contributed by atoms with E-state index in [1.165, 1.54) is 0 Å². The van der Waals surface area contributed by atoms with Crippen LogP contribution in [-0.4, -0.2) is 37.0 Å². The Balaban J connectivity index is 1.54. The lowest BCUT2D eigenvalue weighted by molar-refractivity contribution is -0.253. The Morgan fingerprint density at radius 1 is 1.17 bits per heavy atom. The number of fused-ring (bicyclic) bond motifs is 3. The molecule has 3 saturated carbocycles. The maximum absolute atomic E-state index is 13.2. The van der Waals surface area contributed by atoms with Crippen molar-refractivity contribution in [3.63, 3.8) is 0 Å². The van der Waals surface area contributed by atoms with Gasteiger partial charge in [-0.3, -0.25) is 0 Å². The third-order valence-corrected chi connectivity index (χ3v) is 6.26. The summed E-state index contributed by atoms with van der Waals surface area (Å²) in [5, 5.41) is 5.92. The van der Waals surface area contributed by atoms with Crippen LogP contribution >= 0.6 is 0 Å². The zero-order chi connectivity index (χ0) is 16.7. The van der Waals surface area contributed by atoms with Crippen molar-refractivity contribution in [3.05, 3.63) is 0 Å². The maximum Gasteiger partial charge on any atom is 0.394 e. The summed E-state index contributed by atoms with van der Waals surface area (Å²) in [5.41, 5.74) is -1.97. The normalized spacial score (nSPS) is 38.3. The number of hydrogen-bond acceptors (Lipinski definition) is 2. The van der Waals surface area contributed by atoms with Crippen molar-refractivity contribution in [2.45, 2.75) is 69.6 Å². The van der Waals surface area contributed by atoms with Gasteiger partial charge in [-0.05, 0) is 51.9 Å². The van der Waals surface area contributed by atoms with E-state index in [-0.39, 0.29) is 31.3 Å². The molecule has 4 nitrogen and oxygen atoms in total. The molecule has 2 bridgehead atoms. The van der Waals surface area contributed by atoms with Gasteiger partial charge >= 0.3 is 12.2 Å². The summed E-state index contributed by atoms with van der Waals surface area (Å²) in [5.74, 6) is 0.314. The molecule has 4 aliphatic rings. The van der Waals surface area contributed by atoms with Gasteiger partial charge in [0.1, 0.15) is 0 Å². The van der Waals surface area contributed by atoms with E-state index in [0.717, 1.165) is 13.0 Å². The fourth-order valence-corrected chi connectivity index (χ4v) is 4.35. The van der Waals surface area contributed by atoms with Gasteiger partial charge in [0.15, 0.2) is 0 Å². The summed E-state index contributed by atoms with van der Waals surface area (Å²) in [4.78, 5) is 12.3. The third-order valence-electron chi connectivity index (χ3n) is 6.26. The first-order valence-corrected chi connectivity index (χ1v) is 8.49. The van der Waals surface area contributed by atoms with Crippen molar-refractivity contribution in [1.82, 2.24) is 10.6 Å². The summed E-state index contributed by atoms with van der Waals surface area (Å²) >= 11 is 0. The molecule has 132 valence electrons. The van der Waals surface area contributed by atoms with E-state index in [1.807, 2.05) is 6.92 Å². The SMILES string of the molecule is CC(NC(=O)NC12CCC(C(F)(F)F)(CC1)CC2)C1CCOC1. The van der Waals surface area contributed by atoms with Crippen LogP contribution in [0, 0.1) is 11.3 Å². The monoisotopic (exact) mass is 334 g/mol. The molecule has 2 amide bonds. The number of hydrogen-bond donors (Lipinski definition) is 2. The first-order valence-electron chi connectivity index (χ1n) is 8.49. The van der Waals surface area contributed by atoms with E-state index >= 15 is 0 Å². The van der Waals surface area contributed by atoms with Crippen molar-refractivity contribution >= 4 is 6.03 Å². The minimum absolute atomic E-state index is 0.00958. The van der Waals surface area contributed by atoms with Crippen LogP contribution in [0.3, 0.4) is 0 Å². The molecule has 3 aliphatic carbocycles. The van der Waals surface area contributed by atoms with Gasteiger partial charge in [0.05, 0.1) is 12.0 Å². The number of carbonyl (C=O) groups excluding carboxylic acids is 1. The Bertz CT molecular complexity index is 436. The number of amides is 2.